The summed E-state index contributed by atoms with van der Waals surface area (Å²) in [6.07, 6.45) is 4.03. The number of nitrogen functional groups attached to an aromatic ring is 1. The molecule has 0 radical (unpaired) electrons. The largest absolute Gasteiger partial charge is 0.384 e. The van der Waals surface area contributed by atoms with Gasteiger partial charge in [-0.15, -0.1) is 0 Å². The van der Waals surface area contributed by atoms with Crippen molar-refractivity contribution in [3.8, 4) is 0 Å². The van der Waals surface area contributed by atoms with Crippen molar-refractivity contribution in [3.05, 3.63) is 12.3 Å². The lowest BCUT2D eigenvalue weighted by atomic mass is 10.0. The second kappa shape index (κ2) is 4.65. The lowest BCUT2D eigenvalue weighted by molar-refractivity contribution is 0.249. The highest BCUT2D eigenvalue weighted by molar-refractivity contribution is 5.38. The van der Waals surface area contributed by atoms with E-state index < -0.39 is 0 Å². The van der Waals surface area contributed by atoms with Crippen LogP contribution in [0.15, 0.2) is 12.3 Å². The molecule has 0 unspecified atom stereocenters. The van der Waals surface area contributed by atoms with Gasteiger partial charge < -0.3 is 15.5 Å². The van der Waals surface area contributed by atoms with Crippen LogP contribution in [0.25, 0.3) is 0 Å². The normalized spacial score (nSPS) is 18.1. The van der Waals surface area contributed by atoms with Crippen molar-refractivity contribution in [2.75, 3.05) is 37.8 Å². The molecule has 1 saturated heterocycles. The zero-order valence-electron chi connectivity index (χ0n) is 9.93. The molecule has 1 aromatic rings. The van der Waals surface area contributed by atoms with Crippen LogP contribution in [0.5, 0.6) is 0 Å². The Morgan fingerprint density at radius 2 is 2.06 bits per heavy atom. The van der Waals surface area contributed by atoms with Crippen molar-refractivity contribution < 1.29 is 0 Å². The third kappa shape index (κ3) is 2.41. The van der Waals surface area contributed by atoms with Crippen LogP contribution in [0.2, 0.25) is 0 Å². The smallest absolute Gasteiger partial charge is 0.227 e. The Kier molecular flexibility index (Phi) is 3.24. The molecule has 0 spiro atoms. The van der Waals surface area contributed by atoms with Gasteiger partial charge in [-0.25, -0.2) is 4.98 Å². The van der Waals surface area contributed by atoms with Gasteiger partial charge in [0.1, 0.15) is 5.82 Å². The first kappa shape index (κ1) is 11.1. The molecule has 0 saturated carbocycles. The molecule has 0 amide bonds. The number of rotatable bonds is 2. The molecule has 0 bridgehead atoms. The van der Waals surface area contributed by atoms with E-state index in [-0.39, 0.29) is 0 Å². The standard InChI is InChI=1S/C11H19N5/c1-15(2)9-4-7-16(8-5-9)11-13-6-3-10(12)14-11/h3,6,9H,4-5,7-8H2,1-2H3,(H2,12,13,14). The molecule has 5 heteroatoms. The Balaban J connectivity index is 1.99. The summed E-state index contributed by atoms with van der Waals surface area (Å²) in [6.45, 7) is 2.01. The third-order valence-corrected chi connectivity index (χ3v) is 3.14. The zero-order chi connectivity index (χ0) is 11.5. The van der Waals surface area contributed by atoms with Crippen LogP contribution in [-0.2, 0) is 0 Å². The molecule has 0 aliphatic carbocycles. The average Bonchev–Trinajstić information content (AvgIpc) is 2.29. The van der Waals surface area contributed by atoms with Gasteiger partial charge in [0.15, 0.2) is 0 Å². The van der Waals surface area contributed by atoms with E-state index in [2.05, 4.69) is 33.9 Å². The van der Waals surface area contributed by atoms with E-state index in [9.17, 15) is 0 Å². The monoisotopic (exact) mass is 221 g/mol. The van der Waals surface area contributed by atoms with E-state index >= 15 is 0 Å². The Bertz CT molecular complexity index is 344. The molecule has 16 heavy (non-hydrogen) atoms. The van der Waals surface area contributed by atoms with Crippen molar-refractivity contribution in [2.24, 2.45) is 0 Å². The number of hydrogen-bond donors (Lipinski definition) is 1. The second-order valence-corrected chi connectivity index (χ2v) is 4.46. The Morgan fingerprint density at radius 1 is 1.38 bits per heavy atom. The Hall–Kier alpha value is -1.36. The number of hydrogen-bond acceptors (Lipinski definition) is 5. The van der Waals surface area contributed by atoms with Crippen LogP contribution < -0.4 is 10.6 Å². The molecule has 2 heterocycles. The molecular weight excluding hydrogens is 202 g/mol. The van der Waals surface area contributed by atoms with Gasteiger partial charge in [-0.05, 0) is 33.0 Å². The lowest BCUT2D eigenvalue weighted by Crippen LogP contribution is -2.42. The minimum atomic E-state index is 0.541. The number of aromatic nitrogens is 2. The Labute approximate surface area is 96.3 Å². The van der Waals surface area contributed by atoms with Crippen LogP contribution in [0, 0.1) is 0 Å². The zero-order valence-corrected chi connectivity index (χ0v) is 9.93. The summed E-state index contributed by atoms with van der Waals surface area (Å²) in [6, 6.07) is 2.40. The summed E-state index contributed by atoms with van der Waals surface area (Å²) >= 11 is 0. The molecule has 0 atom stereocenters. The maximum absolute atomic E-state index is 5.65. The highest BCUT2D eigenvalue weighted by Gasteiger charge is 2.21. The Morgan fingerprint density at radius 3 is 2.62 bits per heavy atom. The molecular formula is C11H19N5. The topological polar surface area (TPSA) is 58.3 Å². The second-order valence-electron chi connectivity index (χ2n) is 4.46. The van der Waals surface area contributed by atoms with Gasteiger partial charge in [0.2, 0.25) is 5.95 Å². The minimum Gasteiger partial charge on any atom is -0.384 e. The van der Waals surface area contributed by atoms with Gasteiger partial charge in [-0.1, -0.05) is 0 Å². The van der Waals surface area contributed by atoms with E-state index in [1.807, 2.05) is 0 Å². The summed E-state index contributed by atoms with van der Waals surface area (Å²) in [5.74, 6) is 1.30. The van der Waals surface area contributed by atoms with E-state index in [0.717, 1.165) is 31.9 Å². The van der Waals surface area contributed by atoms with E-state index in [1.54, 1.807) is 12.3 Å². The van der Waals surface area contributed by atoms with Gasteiger partial charge in [-0.3, -0.25) is 0 Å². The highest BCUT2D eigenvalue weighted by Crippen LogP contribution is 2.18. The first-order valence-corrected chi connectivity index (χ1v) is 5.66. The van der Waals surface area contributed by atoms with Crippen molar-refractivity contribution in [1.82, 2.24) is 14.9 Å². The minimum absolute atomic E-state index is 0.541. The molecule has 0 aromatic carbocycles. The van der Waals surface area contributed by atoms with E-state index in [4.69, 9.17) is 5.73 Å². The van der Waals surface area contributed by atoms with Crippen molar-refractivity contribution in [2.45, 2.75) is 18.9 Å². The fourth-order valence-corrected chi connectivity index (χ4v) is 2.10. The predicted octanol–water partition coefficient (Wildman–Crippen LogP) is 0.589. The van der Waals surface area contributed by atoms with Crippen LogP contribution >= 0.6 is 0 Å². The summed E-state index contributed by atoms with van der Waals surface area (Å²) in [4.78, 5) is 13.0. The maximum atomic E-state index is 5.65. The van der Waals surface area contributed by atoms with Crippen LogP contribution in [0.1, 0.15) is 12.8 Å². The highest BCUT2D eigenvalue weighted by atomic mass is 15.3. The van der Waals surface area contributed by atoms with Crippen molar-refractivity contribution in [3.63, 3.8) is 0 Å². The van der Waals surface area contributed by atoms with E-state index in [1.165, 1.54) is 0 Å². The average molecular weight is 221 g/mol. The fourth-order valence-electron chi connectivity index (χ4n) is 2.10. The van der Waals surface area contributed by atoms with Gasteiger partial charge >= 0.3 is 0 Å². The first-order chi connectivity index (χ1) is 7.66. The summed E-state index contributed by atoms with van der Waals surface area (Å²) in [7, 11) is 4.27. The van der Waals surface area contributed by atoms with Gasteiger partial charge in [0, 0.05) is 25.3 Å². The first-order valence-electron chi connectivity index (χ1n) is 5.66. The van der Waals surface area contributed by atoms with E-state index in [0.29, 0.717) is 11.9 Å². The number of nitrogens with two attached hydrogens (primary N) is 1. The molecule has 1 aliphatic heterocycles. The molecule has 1 fully saturated rings. The molecule has 2 N–H and O–H groups in total. The third-order valence-electron chi connectivity index (χ3n) is 3.14. The fraction of sp³-hybridized carbons (Fsp3) is 0.636. The lowest BCUT2D eigenvalue weighted by Gasteiger charge is -2.35. The van der Waals surface area contributed by atoms with Crippen LogP contribution in [0.4, 0.5) is 11.8 Å². The molecule has 1 aromatic heterocycles. The summed E-state index contributed by atoms with van der Waals surface area (Å²) < 4.78 is 0. The molecule has 1 aliphatic rings. The van der Waals surface area contributed by atoms with Crippen LogP contribution in [-0.4, -0.2) is 48.1 Å². The van der Waals surface area contributed by atoms with Crippen LogP contribution in [0.3, 0.4) is 0 Å². The summed E-state index contributed by atoms with van der Waals surface area (Å²) in [5, 5.41) is 0. The predicted molar refractivity (Wildman–Crippen MR) is 65.4 cm³/mol. The van der Waals surface area contributed by atoms with Gasteiger partial charge in [0.05, 0.1) is 0 Å². The van der Waals surface area contributed by atoms with Gasteiger partial charge in [-0.2, -0.15) is 4.98 Å². The van der Waals surface area contributed by atoms with Crippen molar-refractivity contribution >= 4 is 11.8 Å². The SMILES string of the molecule is CN(C)C1CCN(c2nccc(N)n2)CC1. The van der Waals surface area contributed by atoms with Gasteiger partial charge in [0.25, 0.3) is 0 Å². The molecule has 2 rings (SSSR count). The molecule has 5 nitrogen and oxygen atoms in total. The quantitative estimate of drug-likeness (QED) is 0.792. The number of piperidine rings is 1. The van der Waals surface area contributed by atoms with Crippen molar-refractivity contribution in [1.29, 1.82) is 0 Å². The number of nitrogens with zero attached hydrogens (tertiary/aromatic N) is 4. The summed E-state index contributed by atoms with van der Waals surface area (Å²) in [5.41, 5.74) is 5.65. The number of anilines is 2. The maximum Gasteiger partial charge on any atom is 0.227 e. The molecule has 88 valence electrons.